The average Bonchev–Trinajstić information content (AvgIpc) is 3.52. The van der Waals surface area contributed by atoms with E-state index in [4.69, 9.17) is 15.6 Å². The van der Waals surface area contributed by atoms with Gasteiger partial charge in [-0.2, -0.15) is 5.10 Å². The van der Waals surface area contributed by atoms with Gasteiger partial charge in [0, 0.05) is 26.3 Å². The lowest BCUT2D eigenvalue weighted by atomic mass is 10.2. The van der Waals surface area contributed by atoms with Crippen molar-refractivity contribution in [1.82, 2.24) is 34.2 Å². The van der Waals surface area contributed by atoms with Crippen LogP contribution in [-0.2, 0) is 16.6 Å². The molecule has 0 saturated carbocycles. The summed E-state index contributed by atoms with van der Waals surface area (Å²) < 4.78 is 9.18. The third-order valence-electron chi connectivity index (χ3n) is 6.50. The molecule has 2 atom stereocenters. The van der Waals surface area contributed by atoms with Crippen molar-refractivity contribution in [1.29, 1.82) is 0 Å². The fourth-order valence-electron chi connectivity index (χ4n) is 4.66. The Balaban J connectivity index is 1.55. The highest BCUT2D eigenvalue weighted by Crippen LogP contribution is 2.32. The van der Waals surface area contributed by atoms with Crippen LogP contribution in [0.2, 0.25) is 0 Å². The van der Waals surface area contributed by atoms with Gasteiger partial charge in [0.05, 0.1) is 35.1 Å². The molecule has 1 saturated heterocycles. The molecule has 178 valence electrons. The number of imidazole rings is 1. The first-order valence-electron chi connectivity index (χ1n) is 11.3. The summed E-state index contributed by atoms with van der Waals surface area (Å²) in [4.78, 5) is 27.3. The lowest BCUT2D eigenvalue weighted by molar-refractivity contribution is -0.127. The summed E-state index contributed by atoms with van der Waals surface area (Å²) in [6.07, 6.45) is 3.40. The quantitative estimate of drug-likeness (QED) is 0.358. The lowest BCUT2D eigenvalue weighted by Crippen LogP contribution is -2.37. The Morgan fingerprint density at radius 1 is 1.34 bits per heavy atom. The minimum Gasteiger partial charge on any atom is -0.383 e. The Kier molecular flexibility index (Phi) is 5.70. The first kappa shape index (κ1) is 22.6. The van der Waals surface area contributed by atoms with Crippen LogP contribution < -0.4 is 5.73 Å². The molecule has 1 aliphatic heterocycles. The van der Waals surface area contributed by atoms with Gasteiger partial charge >= 0.3 is 0 Å². The molecule has 3 aromatic heterocycles. The van der Waals surface area contributed by atoms with E-state index in [2.05, 4.69) is 33.4 Å². The van der Waals surface area contributed by atoms with Crippen LogP contribution in [0.1, 0.15) is 29.5 Å². The number of fused-ring (bicyclic) bond motifs is 2. The number of ether oxygens (including phenoxy) is 1. The molecule has 10 heteroatoms. The highest BCUT2D eigenvalue weighted by molar-refractivity contribution is 5.91. The molecule has 35 heavy (non-hydrogen) atoms. The summed E-state index contributed by atoms with van der Waals surface area (Å²) >= 11 is 0. The zero-order valence-electron chi connectivity index (χ0n) is 19.9. The lowest BCUT2D eigenvalue weighted by Gasteiger charge is -2.22. The van der Waals surface area contributed by atoms with Crippen LogP contribution in [-0.4, -0.2) is 66.4 Å². The smallest absolute Gasteiger partial charge is 0.246 e. The Labute approximate surface area is 202 Å². The zero-order chi connectivity index (χ0) is 24.7. The second-order valence-electron chi connectivity index (χ2n) is 8.62. The fourth-order valence-corrected chi connectivity index (χ4v) is 4.66. The van der Waals surface area contributed by atoms with Crippen molar-refractivity contribution in [3.05, 3.63) is 54.3 Å². The molecule has 4 aromatic rings. The molecule has 10 nitrogen and oxygen atoms in total. The number of carbonyl (C=O) groups excluding carboxylic acids is 1. The molecular weight excluding hydrogens is 444 g/mol. The molecule has 1 aliphatic rings. The topological polar surface area (TPSA) is 117 Å². The van der Waals surface area contributed by atoms with Gasteiger partial charge < -0.3 is 19.9 Å². The van der Waals surface area contributed by atoms with Gasteiger partial charge in [-0.3, -0.25) is 4.79 Å². The number of anilines is 1. The average molecular weight is 471 g/mol. The van der Waals surface area contributed by atoms with Crippen LogP contribution in [0.5, 0.6) is 0 Å². The van der Waals surface area contributed by atoms with Gasteiger partial charge in [0.1, 0.15) is 23.7 Å². The van der Waals surface area contributed by atoms with Crippen LogP contribution >= 0.6 is 0 Å². The molecule has 5 rings (SSSR count). The van der Waals surface area contributed by atoms with Crippen molar-refractivity contribution in [2.24, 2.45) is 7.05 Å². The van der Waals surface area contributed by atoms with Gasteiger partial charge in [-0.05, 0) is 43.5 Å². The molecule has 4 heterocycles. The minimum absolute atomic E-state index is 0.0856. The van der Waals surface area contributed by atoms with Crippen LogP contribution in [0.4, 0.5) is 5.82 Å². The third-order valence-corrected chi connectivity index (χ3v) is 6.50. The van der Waals surface area contributed by atoms with Crippen LogP contribution in [0.3, 0.4) is 0 Å². The number of rotatable bonds is 4. The second kappa shape index (κ2) is 8.85. The molecular formula is C25H26N8O2. The van der Waals surface area contributed by atoms with Crippen molar-refractivity contribution >= 4 is 33.8 Å². The number of carbonyl (C=O) groups is 1. The number of hydrogen-bond donors (Lipinski definition) is 1. The molecule has 1 fully saturated rings. The minimum atomic E-state index is -0.138. The van der Waals surface area contributed by atoms with Crippen LogP contribution in [0, 0.1) is 18.8 Å². The third kappa shape index (κ3) is 3.90. The van der Waals surface area contributed by atoms with E-state index in [1.807, 2.05) is 41.4 Å². The number of nitrogen functional groups attached to an aromatic ring is 1. The Hall–Kier alpha value is -4.23. The molecule has 0 aliphatic carbocycles. The highest BCUT2D eigenvalue weighted by Gasteiger charge is 2.37. The molecule has 2 N–H and O–H groups in total. The fraction of sp³-hybridized carbons (Fsp3) is 0.320. The highest BCUT2D eigenvalue weighted by atomic mass is 16.5. The normalized spacial score (nSPS) is 17.6. The van der Waals surface area contributed by atoms with Gasteiger partial charge in [0.15, 0.2) is 5.65 Å². The number of amides is 1. The maximum Gasteiger partial charge on any atom is 0.246 e. The summed E-state index contributed by atoms with van der Waals surface area (Å²) in [6.45, 7) is 6.48. The Bertz CT molecular complexity index is 1520. The Morgan fingerprint density at radius 2 is 2.17 bits per heavy atom. The molecule has 0 radical (unpaired) electrons. The number of nitrogens with two attached hydrogens (primary N) is 1. The van der Waals surface area contributed by atoms with Crippen LogP contribution in [0.15, 0.2) is 37.2 Å². The van der Waals surface area contributed by atoms with E-state index in [1.165, 1.54) is 12.4 Å². The number of nitrogens with zero attached hydrogens (tertiary/aromatic N) is 7. The maximum atomic E-state index is 12.4. The van der Waals surface area contributed by atoms with E-state index in [0.717, 1.165) is 22.4 Å². The van der Waals surface area contributed by atoms with Crippen LogP contribution in [0.25, 0.3) is 22.1 Å². The van der Waals surface area contributed by atoms with Crippen molar-refractivity contribution in [3.8, 4) is 11.8 Å². The van der Waals surface area contributed by atoms with E-state index in [-0.39, 0.29) is 18.0 Å². The number of benzene rings is 1. The second-order valence-corrected chi connectivity index (χ2v) is 8.62. The number of aromatic nitrogens is 6. The Morgan fingerprint density at radius 3 is 2.94 bits per heavy atom. The molecule has 1 unspecified atom stereocenters. The van der Waals surface area contributed by atoms with Gasteiger partial charge in [0.2, 0.25) is 5.91 Å². The van der Waals surface area contributed by atoms with E-state index in [1.54, 1.807) is 12.0 Å². The van der Waals surface area contributed by atoms with Crippen molar-refractivity contribution < 1.29 is 9.53 Å². The maximum absolute atomic E-state index is 12.4. The molecule has 0 spiro atoms. The zero-order valence-corrected chi connectivity index (χ0v) is 19.9. The summed E-state index contributed by atoms with van der Waals surface area (Å²) in [6, 6.07) is 5.70. The summed E-state index contributed by atoms with van der Waals surface area (Å²) in [7, 11) is 3.60. The SMILES string of the molecule is C=CC(=O)N1CC(n2nc(C#Cc3ccc4nc(C)n(C)c4c3)c3c(N)ncnc32)C[C@@H]1COC. The predicted octanol–water partition coefficient (Wildman–Crippen LogP) is 1.98. The monoisotopic (exact) mass is 470 g/mol. The molecule has 1 aromatic carbocycles. The van der Waals surface area contributed by atoms with E-state index >= 15 is 0 Å². The number of aryl methyl sites for hydroxylation is 2. The molecule has 1 amide bonds. The van der Waals surface area contributed by atoms with Crippen molar-refractivity contribution in [3.63, 3.8) is 0 Å². The van der Waals surface area contributed by atoms with E-state index < -0.39 is 0 Å². The standard InChI is InChI=1S/C25H26N8O2/c1-5-22(34)32-12-17(11-18(32)13-35-4)33-25-23(24(26)27-14-28-25)20(30-33)9-7-16-6-8-19-21(10-16)31(3)15(2)29-19/h5-6,8,10,14,17-18H,1,11-13H2,2-4H3,(H2,26,27,28)/t17?,18-/m1/s1. The molecule has 0 bridgehead atoms. The van der Waals surface area contributed by atoms with Gasteiger partial charge in [-0.1, -0.05) is 12.5 Å². The number of methoxy groups -OCH3 is 1. The largest absolute Gasteiger partial charge is 0.383 e. The van der Waals surface area contributed by atoms with E-state index in [9.17, 15) is 4.79 Å². The summed E-state index contributed by atoms with van der Waals surface area (Å²) in [5.74, 6) is 7.48. The number of hydrogen-bond acceptors (Lipinski definition) is 7. The summed E-state index contributed by atoms with van der Waals surface area (Å²) in [5, 5.41) is 5.39. The van der Waals surface area contributed by atoms with Crippen molar-refractivity contribution in [2.45, 2.75) is 25.4 Å². The number of likely N-dealkylation sites (tertiary alicyclic amines) is 1. The van der Waals surface area contributed by atoms with Gasteiger partial charge in [-0.25, -0.2) is 19.6 Å². The predicted molar refractivity (Wildman–Crippen MR) is 132 cm³/mol. The first-order valence-corrected chi connectivity index (χ1v) is 11.3. The van der Waals surface area contributed by atoms with Crippen molar-refractivity contribution in [2.75, 3.05) is 26.0 Å². The van der Waals surface area contributed by atoms with E-state index in [0.29, 0.717) is 42.1 Å². The van der Waals surface area contributed by atoms with Gasteiger partial charge in [0.25, 0.3) is 0 Å². The van der Waals surface area contributed by atoms with Gasteiger partial charge in [-0.15, -0.1) is 0 Å². The summed E-state index contributed by atoms with van der Waals surface area (Å²) in [5.41, 5.74) is 10.1. The first-order chi connectivity index (χ1) is 16.9.